The predicted octanol–water partition coefficient (Wildman–Crippen LogP) is 3.98. The Morgan fingerprint density at radius 2 is 1.95 bits per heavy atom. The number of carbonyl (C=O) groups excluding carboxylic acids is 1. The number of hydrogen-bond donors (Lipinski definition) is 0. The van der Waals surface area contributed by atoms with Crippen molar-refractivity contribution in [1.82, 2.24) is 4.90 Å². The van der Waals surface area contributed by atoms with Crippen LogP contribution in [0.15, 0.2) is 24.3 Å². The van der Waals surface area contributed by atoms with E-state index < -0.39 is 0 Å². The molecule has 2 rings (SSSR count). The molecule has 1 heterocycles. The summed E-state index contributed by atoms with van der Waals surface area (Å²) in [5, 5.41) is 0. The fourth-order valence-corrected chi connectivity index (χ4v) is 3.03. The number of rotatable bonds is 4. The molecule has 1 aliphatic heterocycles. The van der Waals surface area contributed by atoms with Crippen molar-refractivity contribution in [2.75, 3.05) is 19.7 Å². The number of carbonyl (C=O) groups is 1. The predicted molar refractivity (Wildman–Crippen MR) is 85.7 cm³/mol. The molecular weight excluding hydrogens is 262 g/mol. The van der Waals surface area contributed by atoms with E-state index in [0.29, 0.717) is 12.5 Å². The first-order valence-electron chi connectivity index (χ1n) is 8.14. The van der Waals surface area contributed by atoms with E-state index in [0.717, 1.165) is 43.2 Å². The van der Waals surface area contributed by atoms with Crippen molar-refractivity contribution in [1.29, 1.82) is 0 Å². The van der Waals surface area contributed by atoms with Crippen molar-refractivity contribution in [3.63, 3.8) is 0 Å². The van der Waals surface area contributed by atoms with E-state index in [1.807, 2.05) is 36.1 Å². The van der Waals surface area contributed by atoms with Gasteiger partial charge in [0.2, 0.25) is 0 Å². The molecule has 0 spiro atoms. The Morgan fingerprint density at radius 3 is 2.57 bits per heavy atom. The van der Waals surface area contributed by atoms with Gasteiger partial charge < -0.3 is 9.64 Å². The summed E-state index contributed by atoms with van der Waals surface area (Å²) in [6.07, 6.45) is 3.48. The second-order valence-electron chi connectivity index (χ2n) is 6.18. The lowest BCUT2D eigenvalue weighted by molar-refractivity contribution is 0.0759. The topological polar surface area (TPSA) is 29.5 Å². The lowest BCUT2D eigenvalue weighted by Gasteiger charge is -2.21. The van der Waals surface area contributed by atoms with E-state index in [9.17, 15) is 4.79 Å². The largest absolute Gasteiger partial charge is 0.494 e. The summed E-state index contributed by atoms with van der Waals surface area (Å²) in [7, 11) is 0. The lowest BCUT2D eigenvalue weighted by Crippen LogP contribution is -2.32. The van der Waals surface area contributed by atoms with Crippen LogP contribution in [0.25, 0.3) is 0 Å². The molecule has 0 radical (unpaired) electrons. The highest BCUT2D eigenvalue weighted by molar-refractivity contribution is 5.94. The molecular formula is C18H27NO2. The summed E-state index contributed by atoms with van der Waals surface area (Å²) in [6.45, 7) is 8.95. The van der Waals surface area contributed by atoms with Crippen molar-refractivity contribution >= 4 is 5.91 Å². The van der Waals surface area contributed by atoms with E-state index in [1.165, 1.54) is 6.42 Å². The van der Waals surface area contributed by atoms with Crippen LogP contribution in [0, 0.1) is 11.8 Å². The number of nitrogens with zero attached hydrogens (tertiary/aromatic N) is 1. The number of benzene rings is 1. The van der Waals surface area contributed by atoms with Gasteiger partial charge in [-0.25, -0.2) is 0 Å². The van der Waals surface area contributed by atoms with Gasteiger partial charge in [0.1, 0.15) is 5.75 Å². The van der Waals surface area contributed by atoms with Crippen LogP contribution in [0.2, 0.25) is 0 Å². The molecule has 1 unspecified atom stereocenters. The van der Waals surface area contributed by atoms with Gasteiger partial charge in [-0.15, -0.1) is 0 Å². The standard InChI is InChI=1S/C18H27NO2/c1-4-21-17-9-7-16(8-10-17)18(20)19-12-5-6-15(11-13-19)14(2)3/h7-10,14-15H,4-6,11-13H2,1-3H3. The molecule has 0 aliphatic carbocycles. The van der Waals surface area contributed by atoms with Crippen LogP contribution in [-0.2, 0) is 0 Å². The molecule has 0 N–H and O–H groups in total. The average Bonchev–Trinajstić information content (AvgIpc) is 2.73. The van der Waals surface area contributed by atoms with Crippen LogP contribution in [0.5, 0.6) is 5.75 Å². The third-order valence-corrected chi connectivity index (χ3v) is 4.42. The molecule has 1 amide bonds. The molecule has 1 aromatic rings. The van der Waals surface area contributed by atoms with Crippen molar-refractivity contribution in [2.45, 2.75) is 40.0 Å². The Bertz CT molecular complexity index is 453. The Morgan fingerprint density at radius 1 is 1.24 bits per heavy atom. The number of likely N-dealkylation sites (tertiary alicyclic amines) is 1. The first kappa shape index (κ1) is 15.9. The van der Waals surface area contributed by atoms with Gasteiger partial charge in [0.15, 0.2) is 0 Å². The average molecular weight is 289 g/mol. The zero-order chi connectivity index (χ0) is 15.2. The quantitative estimate of drug-likeness (QED) is 0.839. The fraction of sp³-hybridized carbons (Fsp3) is 0.611. The van der Waals surface area contributed by atoms with Crippen molar-refractivity contribution in [2.24, 2.45) is 11.8 Å². The Labute approximate surface area is 128 Å². The smallest absolute Gasteiger partial charge is 0.253 e. The number of hydrogen-bond acceptors (Lipinski definition) is 2. The summed E-state index contributed by atoms with van der Waals surface area (Å²) in [6, 6.07) is 7.51. The van der Waals surface area contributed by atoms with E-state index >= 15 is 0 Å². The maximum Gasteiger partial charge on any atom is 0.253 e. The highest BCUT2D eigenvalue weighted by Gasteiger charge is 2.23. The molecule has 116 valence electrons. The summed E-state index contributed by atoms with van der Waals surface area (Å²) < 4.78 is 5.42. The monoisotopic (exact) mass is 289 g/mol. The van der Waals surface area contributed by atoms with Gasteiger partial charge in [-0.1, -0.05) is 13.8 Å². The van der Waals surface area contributed by atoms with Crippen LogP contribution >= 0.6 is 0 Å². The highest BCUT2D eigenvalue weighted by Crippen LogP contribution is 2.25. The molecule has 0 saturated carbocycles. The second kappa shape index (κ2) is 7.48. The first-order chi connectivity index (χ1) is 10.1. The molecule has 1 atom stereocenters. The zero-order valence-corrected chi connectivity index (χ0v) is 13.5. The van der Waals surface area contributed by atoms with Crippen molar-refractivity contribution in [3.05, 3.63) is 29.8 Å². The van der Waals surface area contributed by atoms with E-state index in [2.05, 4.69) is 13.8 Å². The Kier molecular flexibility index (Phi) is 5.66. The number of amides is 1. The maximum absolute atomic E-state index is 12.6. The van der Waals surface area contributed by atoms with Gasteiger partial charge in [0, 0.05) is 18.7 Å². The molecule has 0 aromatic heterocycles. The third-order valence-electron chi connectivity index (χ3n) is 4.42. The lowest BCUT2D eigenvalue weighted by atomic mass is 9.89. The summed E-state index contributed by atoms with van der Waals surface area (Å²) in [5.41, 5.74) is 0.765. The Balaban J connectivity index is 1.99. The summed E-state index contributed by atoms with van der Waals surface area (Å²) in [5.74, 6) is 2.45. The molecule has 0 bridgehead atoms. The van der Waals surface area contributed by atoms with Gasteiger partial charge in [-0.3, -0.25) is 4.79 Å². The van der Waals surface area contributed by atoms with E-state index in [4.69, 9.17) is 4.74 Å². The molecule has 3 heteroatoms. The molecule has 3 nitrogen and oxygen atoms in total. The maximum atomic E-state index is 12.6. The number of ether oxygens (including phenoxy) is 1. The van der Waals surface area contributed by atoms with Gasteiger partial charge in [-0.05, 0) is 62.3 Å². The normalized spacial score (nSPS) is 19.4. The van der Waals surface area contributed by atoms with E-state index in [1.54, 1.807) is 0 Å². The van der Waals surface area contributed by atoms with Crippen molar-refractivity contribution < 1.29 is 9.53 Å². The van der Waals surface area contributed by atoms with Gasteiger partial charge in [-0.2, -0.15) is 0 Å². The first-order valence-corrected chi connectivity index (χ1v) is 8.14. The minimum absolute atomic E-state index is 0.155. The molecule has 1 saturated heterocycles. The zero-order valence-electron chi connectivity index (χ0n) is 13.5. The minimum atomic E-state index is 0.155. The Hall–Kier alpha value is -1.51. The molecule has 1 aliphatic rings. The van der Waals surface area contributed by atoms with Crippen LogP contribution < -0.4 is 4.74 Å². The molecule has 21 heavy (non-hydrogen) atoms. The van der Waals surface area contributed by atoms with Gasteiger partial charge >= 0.3 is 0 Å². The summed E-state index contributed by atoms with van der Waals surface area (Å²) in [4.78, 5) is 14.6. The second-order valence-corrected chi connectivity index (χ2v) is 6.18. The summed E-state index contributed by atoms with van der Waals surface area (Å²) >= 11 is 0. The van der Waals surface area contributed by atoms with Crippen LogP contribution in [0.3, 0.4) is 0 Å². The van der Waals surface area contributed by atoms with Gasteiger partial charge in [0.25, 0.3) is 5.91 Å². The van der Waals surface area contributed by atoms with Crippen LogP contribution in [0.4, 0.5) is 0 Å². The van der Waals surface area contributed by atoms with Crippen LogP contribution in [-0.4, -0.2) is 30.5 Å². The van der Waals surface area contributed by atoms with Gasteiger partial charge in [0.05, 0.1) is 6.61 Å². The highest BCUT2D eigenvalue weighted by atomic mass is 16.5. The van der Waals surface area contributed by atoms with Crippen LogP contribution in [0.1, 0.15) is 50.4 Å². The molecule has 1 fully saturated rings. The third kappa shape index (κ3) is 4.23. The van der Waals surface area contributed by atoms with Crippen molar-refractivity contribution in [3.8, 4) is 5.75 Å². The van der Waals surface area contributed by atoms with E-state index in [-0.39, 0.29) is 5.91 Å². The fourth-order valence-electron chi connectivity index (χ4n) is 3.03. The minimum Gasteiger partial charge on any atom is -0.494 e. The molecule has 1 aromatic carbocycles. The SMILES string of the molecule is CCOc1ccc(C(=O)N2CCCC(C(C)C)CC2)cc1.